The number of nitrogens with one attached hydrogen (secondary N) is 1. The second kappa shape index (κ2) is 6.61. The van der Waals surface area contributed by atoms with Crippen molar-refractivity contribution in [2.24, 2.45) is 0 Å². The molecule has 1 aromatic carbocycles. The molecule has 0 spiro atoms. The number of amides is 1. The Labute approximate surface area is 107 Å². The van der Waals surface area contributed by atoms with E-state index in [1.165, 1.54) is 7.11 Å². The topological polar surface area (TPSA) is 105 Å². The predicted octanol–water partition coefficient (Wildman–Crippen LogP) is 0.0248. The van der Waals surface area contributed by atoms with Gasteiger partial charge in [-0.3, -0.25) is 9.00 Å². The van der Waals surface area contributed by atoms with E-state index >= 15 is 0 Å². The van der Waals surface area contributed by atoms with Crippen LogP contribution in [0.25, 0.3) is 0 Å². The van der Waals surface area contributed by atoms with Gasteiger partial charge in [0.25, 0.3) is 0 Å². The quantitative estimate of drug-likeness (QED) is 0.578. The van der Waals surface area contributed by atoms with E-state index in [1.54, 1.807) is 24.3 Å². The monoisotopic (exact) mass is 267 g/mol. The third-order valence-corrected chi connectivity index (χ3v) is 3.41. The summed E-state index contributed by atoms with van der Waals surface area (Å²) in [4.78, 5) is 11.7. The first-order chi connectivity index (χ1) is 8.58. The van der Waals surface area contributed by atoms with E-state index in [-0.39, 0.29) is 12.3 Å². The molecule has 1 rings (SSSR count). The first kappa shape index (κ1) is 14.0. The van der Waals surface area contributed by atoms with Gasteiger partial charge >= 0.3 is 0 Å². The number of nitrogen functional groups attached to an aromatic ring is 1. The largest absolute Gasteiger partial charge is 0.495 e. The SMILES string of the molecule is COc1cc(N)ccc1S(=O)CC(=O)NCC#N. The molecule has 1 unspecified atom stereocenters. The third-order valence-electron chi connectivity index (χ3n) is 2.06. The number of methoxy groups -OCH3 is 1. The number of ether oxygens (including phenoxy) is 1. The van der Waals surface area contributed by atoms with E-state index < -0.39 is 16.7 Å². The molecule has 1 atom stereocenters. The van der Waals surface area contributed by atoms with Crippen LogP contribution in [0.5, 0.6) is 5.75 Å². The molecule has 0 aliphatic rings. The molecule has 7 heteroatoms. The Hall–Kier alpha value is -2.07. The van der Waals surface area contributed by atoms with Crippen LogP contribution in [0, 0.1) is 11.3 Å². The van der Waals surface area contributed by atoms with Crippen molar-refractivity contribution in [3.05, 3.63) is 18.2 Å². The zero-order valence-electron chi connectivity index (χ0n) is 9.80. The first-order valence-corrected chi connectivity index (χ1v) is 6.36. The summed E-state index contributed by atoms with van der Waals surface area (Å²) in [5.74, 6) is -0.294. The summed E-state index contributed by atoms with van der Waals surface area (Å²) in [6, 6.07) is 6.46. The van der Waals surface area contributed by atoms with Crippen LogP contribution in [-0.2, 0) is 15.6 Å². The summed E-state index contributed by atoms with van der Waals surface area (Å²) in [6.45, 7) is -0.102. The molecule has 18 heavy (non-hydrogen) atoms. The molecular formula is C11H13N3O3S. The number of nitrogens with zero attached hydrogens (tertiary/aromatic N) is 1. The highest BCUT2D eigenvalue weighted by Gasteiger charge is 2.14. The van der Waals surface area contributed by atoms with Crippen molar-refractivity contribution in [3.8, 4) is 11.8 Å². The second-order valence-corrected chi connectivity index (χ2v) is 4.75. The summed E-state index contributed by atoms with van der Waals surface area (Å²) in [7, 11) is -0.103. The number of nitrogens with two attached hydrogens (primary N) is 1. The normalized spacial score (nSPS) is 11.3. The summed E-state index contributed by atoms with van der Waals surface area (Å²) in [6.07, 6.45) is 0. The molecule has 0 aliphatic heterocycles. The average Bonchev–Trinajstić information content (AvgIpc) is 2.35. The van der Waals surface area contributed by atoms with Crippen LogP contribution in [0.3, 0.4) is 0 Å². The molecule has 1 amide bonds. The second-order valence-electron chi connectivity index (χ2n) is 3.33. The Bertz CT molecular complexity index is 511. The number of nitriles is 1. The zero-order valence-corrected chi connectivity index (χ0v) is 10.6. The van der Waals surface area contributed by atoms with Gasteiger partial charge < -0.3 is 15.8 Å². The lowest BCUT2D eigenvalue weighted by Gasteiger charge is -2.08. The van der Waals surface area contributed by atoms with Gasteiger partial charge in [0, 0.05) is 11.8 Å². The molecule has 0 aliphatic carbocycles. The number of hydrogen-bond acceptors (Lipinski definition) is 5. The fraction of sp³-hybridized carbons (Fsp3) is 0.273. The van der Waals surface area contributed by atoms with E-state index in [0.29, 0.717) is 16.3 Å². The molecule has 96 valence electrons. The molecule has 0 heterocycles. The molecule has 6 nitrogen and oxygen atoms in total. The molecule has 0 radical (unpaired) electrons. The lowest BCUT2D eigenvalue weighted by atomic mass is 10.3. The van der Waals surface area contributed by atoms with Crippen LogP contribution in [0.15, 0.2) is 23.1 Å². The van der Waals surface area contributed by atoms with E-state index in [1.807, 2.05) is 0 Å². The van der Waals surface area contributed by atoms with Crippen LogP contribution in [-0.4, -0.2) is 29.5 Å². The Morgan fingerprint density at radius 1 is 1.61 bits per heavy atom. The standard InChI is InChI=1S/C11H13N3O3S/c1-17-9-6-8(13)2-3-10(9)18(16)7-11(15)14-5-4-12/h2-3,6H,5,7,13H2,1H3,(H,14,15). The van der Waals surface area contributed by atoms with Crippen LogP contribution in [0.2, 0.25) is 0 Å². The highest BCUT2D eigenvalue weighted by Crippen LogP contribution is 2.24. The van der Waals surface area contributed by atoms with Crippen molar-refractivity contribution in [2.75, 3.05) is 25.1 Å². The molecule has 0 aromatic heterocycles. The summed E-state index contributed by atoms with van der Waals surface area (Å²) >= 11 is 0. The van der Waals surface area contributed by atoms with Crippen LogP contribution < -0.4 is 15.8 Å². The smallest absolute Gasteiger partial charge is 0.233 e. The Morgan fingerprint density at radius 2 is 2.33 bits per heavy atom. The fourth-order valence-corrected chi connectivity index (χ4v) is 2.34. The van der Waals surface area contributed by atoms with Crippen LogP contribution in [0.4, 0.5) is 5.69 Å². The predicted molar refractivity (Wildman–Crippen MR) is 67.3 cm³/mol. The third kappa shape index (κ3) is 3.75. The first-order valence-electron chi connectivity index (χ1n) is 5.04. The van der Waals surface area contributed by atoms with E-state index in [9.17, 15) is 9.00 Å². The van der Waals surface area contributed by atoms with Crippen molar-refractivity contribution in [3.63, 3.8) is 0 Å². The minimum atomic E-state index is -1.54. The molecule has 0 bridgehead atoms. The van der Waals surface area contributed by atoms with Gasteiger partial charge in [0.15, 0.2) is 0 Å². The highest BCUT2D eigenvalue weighted by atomic mass is 32.2. The molecule has 1 aromatic rings. The van der Waals surface area contributed by atoms with Crippen LogP contribution in [0.1, 0.15) is 0 Å². The van der Waals surface area contributed by atoms with Crippen molar-refractivity contribution in [1.29, 1.82) is 5.26 Å². The van der Waals surface area contributed by atoms with Crippen LogP contribution >= 0.6 is 0 Å². The number of carbonyl (C=O) groups excluding carboxylic acids is 1. The van der Waals surface area contributed by atoms with Gasteiger partial charge in [-0.2, -0.15) is 5.26 Å². The summed E-state index contributed by atoms with van der Waals surface area (Å²) in [5.41, 5.74) is 6.06. The van der Waals surface area contributed by atoms with Gasteiger partial charge in [-0.1, -0.05) is 0 Å². The number of hydrogen-bond donors (Lipinski definition) is 2. The molecule has 0 saturated carbocycles. The molecule has 3 N–H and O–H groups in total. The van der Waals surface area contributed by atoms with E-state index in [0.717, 1.165) is 0 Å². The Kier molecular flexibility index (Phi) is 5.14. The number of anilines is 1. The lowest BCUT2D eigenvalue weighted by Crippen LogP contribution is -2.28. The van der Waals surface area contributed by atoms with Crippen molar-refractivity contribution >= 4 is 22.4 Å². The van der Waals surface area contributed by atoms with Gasteiger partial charge in [0.2, 0.25) is 5.91 Å². The fourth-order valence-electron chi connectivity index (χ4n) is 1.26. The van der Waals surface area contributed by atoms with Crippen molar-refractivity contribution < 1.29 is 13.7 Å². The minimum absolute atomic E-state index is 0.102. The number of benzene rings is 1. The average molecular weight is 267 g/mol. The van der Waals surface area contributed by atoms with E-state index in [4.69, 9.17) is 15.7 Å². The van der Waals surface area contributed by atoms with Gasteiger partial charge in [-0.05, 0) is 12.1 Å². The maximum Gasteiger partial charge on any atom is 0.233 e. The Morgan fingerprint density at radius 3 is 2.94 bits per heavy atom. The van der Waals surface area contributed by atoms with E-state index in [2.05, 4.69) is 5.32 Å². The molecular weight excluding hydrogens is 254 g/mol. The molecule has 0 saturated heterocycles. The van der Waals surface area contributed by atoms with Gasteiger partial charge in [0.1, 0.15) is 18.0 Å². The summed E-state index contributed by atoms with van der Waals surface area (Å²) < 4.78 is 17.0. The highest BCUT2D eigenvalue weighted by molar-refractivity contribution is 7.85. The van der Waals surface area contributed by atoms with Gasteiger partial charge in [-0.15, -0.1) is 0 Å². The van der Waals surface area contributed by atoms with Gasteiger partial charge in [-0.25, -0.2) is 0 Å². The minimum Gasteiger partial charge on any atom is -0.495 e. The number of rotatable bonds is 5. The lowest BCUT2D eigenvalue weighted by molar-refractivity contribution is -0.118. The molecule has 0 fully saturated rings. The summed E-state index contributed by atoms with van der Waals surface area (Å²) in [5, 5.41) is 10.6. The maximum absolute atomic E-state index is 12.0. The zero-order chi connectivity index (χ0) is 13.5. The van der Waals surface area contributed by atoms with Crippen molar-refractivity contribution in [2.45, 2.75) is 4.90 Å². The maximum atomic E-state index is 12.0. The number of carbonyl (C=O) groups is 1. The Balaban J connectivity index is 2.79. The van der Waals surface area contributed by atoms with Crippen molar-refractivity contribution in [1.82, 2.24) is 5.32 Å². The van der Waals surface area contributed by atoms with Gasteiger partial charge in [0.05, 0.1) is 28.9 Å².